The Bertz CT molecular complexity index is 573. The SMILES string of the molecule is CCNC(Cc1cccc(Cl)c1F)c1ccc(Cl)cn1. The van der Waals surface area contributed by atoms with Crippen molar-refractivity contribution in [1.29, 1.82) is 0 Å². The predicted octanol–water partition coefficient (Wildman–Crippen LogP) is 4.42. The van der Waals surface area contributed by atoms with Gasteiger partial charge in [-0.1, -0.05) is 42.3 Å². The van der Waals surface area contributed by atoms with Gasteiger partial charge in [0.2, 0.25) is 0 Å². The van der Waals surface area contributed by atoms with Gasteiger partial charge in [-0.2, -0.15) is 0 Å². The molecule has 20 heavy (non-hydrogen) atoms. The topological polar surface area (TPSA) is 24.9 Å². The zero-order chi connectivity index (χ0) is 14.5. The second kappa shape index (κ2) is 7.02. The molecule has 0 saturated heterocycles. The lowest BCUT2D eigenvalue weighted by molar-refractivity contribution is 0.518. The highest BCUT2D eigenvalue weighted by molar-refractivity contribution is 6.30. The highest BCUT2D eigenvalue weighted by atomic mass is 35.5. The maximum atomic E-state index is 14.0. The predicted molar refractivity (Wildman–Crippen MR) is 80.8 cm³/mol. The van der Waals surface area contributed by atoms with Crippen LogP contribution in [0.1, 0.15) is 24.2 Å². The number of nitrogens with zero attached hydrogens (tertiary/aromatic N) is 1. The van der Waals surface area contributed by atoms with E-state index in [0.29, 0.717) is 17.0 Å². The van der Waals surface area contributed by atoms with Crippen molar-refractivity contribution in [2.75, 3.05) is 6.54 Å². The first-order valence-electron chi connectivity index (χ1n) is 6.39. The van der Waals surface area contributed by atoms with Gasteiger partial charge in [-0.05, 0) is 36.7 Å². The molecule has 1 heterocycles. The summed E-state index contributed by atoms with van der Waals surface area (Å²) >= 11 is 11.7. The van der Waals surface area contributed by atoms with Crippen LogP contribution in [0.2, 0.25) is 10.0 Å². The number of rotatable bonds is 5. The van der Waals surface area contributed by atoms with Crippen LogP contribution in [0.5, 0.6) is 0 Å². The number of likely N-dealkylation sites (N-methyl/N-ethyl adjacent to an activating group) is 1. The smallest absolute Gasteiger partial charge is 0.145 e. The van der Waals surface area contributed by atoms with Crippen LogP contribution in [-0.2, 0) is 6.42 Å². The van der Waals surface area contributed by atoms with Crippen molar-refractivity contribution in [1.82, 2.24) is 10.3 Å². The van der Waals surface area contributed by atoms with Gasteiger partial charge in [0.05, 0.1) is 21.8 Å². The normalized spacial score (nSPS) is 12.4. The quantitative estimate of drug-likeness (QED) is 0.884. The van der Waals surface area contributed by atoms with Gasteiger partial charge in [-0.25, -0.2) is 4.39 Å². The molecule has 0 radical (unpaired) electrons. The van der Waals surface area contributed by atoms with E-state index in [1.54, 1.807) is 30.5 Å². The summed E-state index contributed by atoms with van der Waals surface area (Å²) in [5.41, 5.74) is 1.40. The van der Waals surface area contributed by atoms with Crippen LogP contribution >= 0.6 is 23.2 Å². The molecule has 106 valence electrons. The van der Waals surface area contributed by atoms with Gasteiger partial charge in [0.15, 0.2) is 0 Å². The first kappa shape index (κ1) is 15.2. The fourth-order valence-corrected chi connectivity index (χ4v) is 2.35. The molecule has 1 atom stereocenters. The zero-order valence-corrected chi connectivity index (χ0v) is 12.5. The van der Waals surface area contributed by atoms with E-state index in [2.05, 4.69) is 10.3 Å². The Labute approximate surface area is 127 Å². The Morgan fingerprint density at radius 1 is 1.25 bits per heavy atom. The third kappa shape index (κ3) is 3.69. The zero-order valence-electron chi connectivity index (χ0n) is 11.0. The summed E-state index contributed by atoms with van der Waals surface area (Å²) in [7, 11) is 0. The summed E-state index contributed by atoms with van der Waals surface area (Å²) in [4.78, 5) is 4.30. The van der Waals surface area contributed by atoms with Gasteiger partial charge in [-0.3, -0.25) is 4.98 Å². The molecule has 2 nitrogen and oxygen atoms in total. The summed E-state index contributed by atoms with van der Waals surface area (Å²) in [5, 5.41) is 4.02. The van der Waals surface area contributed by atoms with E-state index in [9.17, 15) is 4.39 Å². The van der Waals surface area contributed by atoms with Crippen molar-refractivity contribution in [2.24, 2.45) is 0 Å². The molecule has 0 spiro atoms. The molecule has 2 aromatic rings. The van der Waals surface area contributed by atoms with Crippen molar-refractivity contribution >= 4 is 23.2 Å². The highest BCUT2D eigenvalue weighted by Gasteiger charge is 2.16. The van der Waals surface area contributed by atoms with Gasteiger partial charge in [-0.15, -0.1) is 0 Å². The Kier molecular flexibility index (Phi) is 5.35. The molecule has 0 amide bonds. The molecule has 0 aliphatic rings. The van der Waals surface area contributed by atoms with Crippen molar-refractivity contribution < 1.29 is 4.39 Å². The molecule has 0 aliphatic carbocycles. The number of halogens is 3. The minimum absolute atomic E-state index is 0.0785. The van der Waals surface area contributed by atoms with Crippen molar-refractivity contribution in [3.8, 4) is 0 Å². The van der Waals surface area contributed by atoms with Crippen molar-refractivity contribution in [3.63, 3.8) is 0 Å². The summed E-state index contributed by atoms with van der Waals surface area (Å²) in [6.07, 6.45) is 2.07. The second-order valence-corrected chi connectivity index (χ2v) is 5.27. The van der Waals surface area contributed by atoms with E-state index in [1.807, 2.05) is 13.0 Å². The monoisotopic (exact) mass is 312 g/mol. The Hall–Kier alpha value is -1.16. The number of nitrogens with one attached hydrogen (secondary N) is 1. The molecule has 0 aliphatic heterocycles. The Morgan fingerprint density at radius 3 is 2.70 bits per heavy atom. The number of aromatic nitrogens is 1. The minimum Gasteiger partial charge on any atom is -0.309 e. The van der Waals surface area contributed by atoms with Gasteiger partial charge in [0, 0.05) is 6.20 Å². The molecule has 5 heteroatoms. The van der Waals surface area contributed by atoms with Crippen molar-refractivity contribution in [3.05, 3.63) is 63.6 Å². The maximum absolute atomic E-state index is 14.0. The van der Waals surface area contributed by atoms with E-state index in [-0.39, 0.29) is 16.9 Å². The molecule has 0 bridgehead atoms. The minimum atomic E-state index is -0.369. The fourth-order valence-electron chi connectivity index (χ4n) is 2.05. The molecular formula is C15H15Cl2FN2. The average Bonchev–Trinajstić information content (AvgIpc) is 2.44. The summed E-state index contributed by atoms with van der Waals surface area (Å²) in [6, 6.07) is 8.58. The van der Waals surface area contributed by atoms with E-state index in [0.717, 1.165) is 12.2 Å². The molecular weight excluding hydrogens is 298 g/mol. The van der Waals surface area contributed by atoms with E-state index >= 15 is 0 Å². The summed E-state index contributed by atoms with van der Waals surface area (Å²) < 4.78 is 14.0. The molecule has 0 saturated carbocycles. The van der Waals surface area contributed by atoms with Crippen LogP contribution in [0.15, 0.2) is 36.5 Å². The Morgan fingerprint density at radius 2 is 2.05 bits per heavy atom. The first-order valence-corrected chi connectivity index (χ1v) is 7.15. The van der Waals surface area contributed by atoms with Gasteiger partial charge < -0.3 is 5.32 Å². The van der Waals surface area contributed by atoms with Gasteiger partial charge in [0.1, 0.15) is 5.82 Å². The number of hydrogen-bond donors (Lipinski definition) is 1. The second-order valence-electron chi connectivity index (χ2n) is 4.43. The van der Waals surface area contributed by atoms with Gasteiger partial charge >= 0.3 is 0 Å². The van der Waals surface area contributed by atoms with Crippen LogP contribution in [0.4, 0.5) is 4.39 Å². The molecule has 0 fully saturated rings. The van der Waals surface area contributed by atoms with E-state index < -0.39 is 0 Å². The first-order chi connectivity index (χ1) is 9.61. The lowest BCUT2D eigenvalue weighted by atomic mass is 10.0. The molecule has 1 unspecified atom stereocenters. The highest BCUT2D eigenvalue weighted by Crippen LogP contribution is 2.23. The lowest BCUT2D eigenvalue weighted by Crippen LogP contribution is -2.24. The fraction of sp³-hybridized carbons (Fsp3) is 0.267. The standard InChI is InChI=1S/C15H15Cl2FN2/c1-2-19-14(13-7-6-11(16)9-20-13)8-10-4-3-5-12(17)15(10)18/h3-7,9,14,19H,2,8H2,1H3. The van der Waals surface area contributed by atoms with E-state index in [1.165, 1.54) is 0 Å². The third-order valence-corrected chi connectivity index (χ3v) is 3.53. The molecule has 2 rings (SSSR count). The van der Waals surface area contributed by atoms with Crippen LogP contribution in [-0.4, -0.2) is 11.5 Å². The number of benzene rings is 1. The van der Waals surface area contributed by atoms with Crippen LogP contribution < -0.4 is 5.32 Å². The Balaban J connectivity index is 2.25. The number of pyridine rings is 1. The summed E-state index contributed by atoms with van der Waals surface area (Å²) in [5.74, 6) is -0.369. The number of hydrogen-bond acceptors (Lipinski definition) is 2. The third-order valence-electron chi connectivity index (χ3n) is 3.01. The van der Waals surface area contributed by atoms with E-state index in [4.69, 9.17) is 23.2 Å². The molecule has 1 aromatic carbocycles. The maximum Gasteiger partial charge on any atom is 0.145 e. The molecule has 1 N–H and O–H groups in total. The average molecular weight is 313 g/mol. The summed E-state index contributed by atoms with van der Waals surface area (Å²) in [6.45, 7) is 2.76. The molecule has 1 aromatic heterocycles. The largest absolute Gasteiger partial charge is 0.309 e. The van der Waals surface area contributed by atoms with Crippen LogP contribution in [0.25, 0.3) is 0 Å². The van der Waals surface area contributed by atoms with Crippen molar-refractivity contribution in [2.45, 2.75) is 19.4 Å². The van der Waals surface area contributed by atoms with Crippen LogP contribution in [0, 0.1) is 5.82 Å². The van der Waals surface area contributed by atoms with Crippen LogP contribution in [0.3, 0.4) is 0 Å². The van der Waals surface area contributed by atoms with Gasteiger partial charge in [0.25, 0.3) is 0 Å². The lowest BCUT2D eigenvalue weighted by Gasteiger charge is -2.18.